The molecule has 0 spiro atoms. The van der Waals surface area contributed by atoms with Crippen LogP contribution in [-0.2, 0) is 27.7 Å². The van der Waals surface area contributed by atoms with E-state index in [1.165, 1.54) is 34.5 Å². The number of fused-ring (bicyclic) bond motifs is 1. The van der Waals surface area contributed by atoms with Crippen LogP contribution in [-0.4, -0.2) is 34.2 Å². The highest BCUT2D eigenvalue weighted by Crippen LogP contribution is 2.25. The van der Waals surface area contributed by atoms with E-state index in [9.17, 15) is 13.2 Å². The third-order valence-electron chi connectivity index (χ3n) is 5.78. The number of ether oxygens (including phenoxy) is 1. The van der Waals surface area contributed by atoms with Crippen molar-refractivity contribution in [3.05, 3.63) is 59.2 Å². The Kier molecular flexibility index (Phi) is 7.59. The molecule has 0 heterocycles. The molecule has 3 rings (SSSR count). The van der Waals surface area contributed by atoms with E-state index < -0.39 is 10.0 Å². The second kappa shape index (κ2) is 10.2. The summed E-state index contributed by atoms with van der Waals surface area (Å²) in [5.41, 5.74) is 4.50. The molecule has 1 aliphatic carbocycles. The summed E-state index contributed by atoms with van der Waals surface area (Å²) in [4.78, 5) is 12.5. The van der Waals surface area contributed by atoms with E-state index in [4.69, 9.17) is 4.74 Å². The van der Waals surface area contributed by atoms with Gasteiger partial charge in [-0.25, -0.2) is 8.42 Å². The highest BCUT2D eigenvalue weighted by molar-refractivity contribution is 7.92. The van der Waals surface area contributed by atoms with Crippen molar-refractivity contribution in [2.24, 2.45) is 0 Å². The van der Waals surface area contributed by atoms with Gasteiger partial charge in [-0.15, -0.1) is 0 Å². The molecule has 6 nitrogen and oxygen atoms in total. The molecule has 0 bridgehead atoms. The largest absolute Gasteiger partial charge is 0.497 e. The average molecular weight is 445 g/mol. The summed E-state index contributed by atoms with van der Waals surface area (Å²) in [5.74, 6) is 0.584. The van der Waals surface area contributed by atoms with Gasteiger partial charge in [-0.3, -0.25) is 9.10 Å². The van der Waals surface area contributed by atoms with E-state index in [0.717, 1.165) is 18.4 Å². The summed E-state index contributed by atoms with van der Waals surface area (Å²) in [6.45, 7) is 2.23. The zero-order valence-electron chi connectivity index (χ0n) is 18.6. The van der Waals surface area contributed by atoms with Crippen molar-refractivity contribution in [3.63, 3.8) is 0 Å². The maximum atomic E-state index is 12.5. The summed E-state index contributed by atoms with van der Waals surface area (Å²) in [6, 6.07) is 13.3. The maximum Gasteiger partial charge on any atom is 0.232 e. The zero-order chi connectivity index (χ0) is 22.4. The molecular formula is C24H32N2O4S. The minimum atomic E-state index is -3.45. The molecule has 1 aliphatic rings. The number of aryl methyl sites for hydroxylation is 2. The van der Waals surface area contributed by atoms with Crippen molar-refractivity contribution in [1.82, 2.24) is 5.32 Å². The summed E-state index contributed by atoms with van der Waals surface area (Å²) in [5, 5.41) is 3.05. The Balaban J connectivity index is 1.55. The van der Waals surface area contributed by atoms with E-state index in [2.05, 4.69) is 23.5 Å². The lowest BCUT2D eigenvalue weighted by Gasteiger charge is -2.23. The molecule has 0 radical (unpaired) electrons. The number of carbonyl (C=O) groups is 1. The molecule has 0 saturated carbocycles. The van der Waals surface area contributed by atoms with E-state index in [1.54, 1.807) is 31.4 Å². The molecule has 1 atom stereocenters. The van der Waals surface area contributed by atoms with Gasteiger partial charge in [0.15, 0.2) is 0 Å². The predicted molar refractivity (Wildman–Crippen MR) is 124 cm³/mol. The first kappa shape index (κ1) is 23.1. The van der Waals surface area contributed by atoms with Crippen molar-refractivity contribution in [3.8, 4) is 5.75 Å². The smallest absolute Gasteiger partial charge is 0.232 e. The number of hydrogen-bond acceptors (Lipinski definition) is 4. The third kappa shape index (κ3) is 6.23. The van der Waals surface area contributed by atoms with Crippen LogP contribution in [0, 0.1) is 0 Å². The molecule has 1 unspecified atom stereocenters. The van der Waals surface area contributed by atoms with E-state index in [0.29, 0.717) is 17.9 Å². The van der Waals surface area contributed by atoms with Gasteiger partial charge >= 0.3 is 0 Å². The van der Waals surface area contributed by atoms with Crippen molar-refractivity contribution >= 4 is 21.6 Å². The van der Waals surface area contributed by atoms with Gasteiger partial charge in [0, 0.05) is 13.0 Å². The Labute approximate surface area is 185 Å². The van der Waals surface area contributed by atoms with Gasteiger partial charge in [0.25, 0.3) is 0 Å². The second-order valence-corrected chi connectivity index (χ2v) is 10.1. The molecule has 1 N–H and O–H groups in total. The Hall–Kier alpha value is -2.54. The first-order valence-electron chi connectivity index (χ1n) is 10.8. The summed E-state index contributed by atoms with van der Waals surface area (Å²) in [6.07, 6.45) is 6.59. The van der Waals surface area contributed by atoms with Gasteiger partial charge in [0.1, 0.15) is 5.75 Å². The van der Waals surface area contributed by atoms with Crippen molar-refractivity contribution in [1.29, 1.82) is 0 Å². The molecule has 31 heavy (non-hydrogen) atoms. The Morgan fingerprint density at radius 3 is 2.42 bits per heavy atom. The molecule has 2 aromatic carbocycles. The van der Waals surface area contributed by atoms with Crippen molar-refractivity contribution in [2.75, 3.05) is 24.2 Å². The molecule has 1 amide bonds. The number of anilines is 1. The van der Waals surface area contributed by atoms with Crippen LogP contribution < -0.4 is 14.4 Å². The van der Waals surface area contributed by atoms with Crippen LogP contribution in [0.4, 0.5) is 5.69 Å². The van der Waals surface area contributed by atoms with E-state index >= 15 is 0 Å². The minimum absolute atomic E-state index is 0.0756. The van der Waals surface area contributed by atoms with Crippen molar-refractivity contribution < 1.29 is 17.9 Å². The van der Waals surface area contributed by atoms with Gasteiger partial charge in [-0.2, -0.15) is 0 Å². The number of hydrogen-bond donors (Lipinski definition) is 1. The van der Waals surface area contributed by atoms with E-state index in [-0.39, 0.29) is 24.9 Å². The fourth-order valence-corrected chi connectivity index (χ4v) is 5.00. The van der Waals surface area contributed by atoms with Crippen LogP contribution in [0.1, 0.15) is 55.3 Å². The number of amides is 1. The number of nitrogens with one attached hydrogen (secondary N) is 1. The Morgan fingerprint density at radius 1 is 1.10 bits per heavy atom. The van der Waals surface area contributed by atoms with Gasteiger partial charge < -0.3 is 10.1 Å². The van der Waals surface area contributed by atoms with Gasteiger partial charge in [0.05, 0.1) is 25.1 Å². The maximum absolute atomic E-state index is 12.5. The standard InChI is InChI=1S/C24H32N2O4S/c1-18(20-11-10-19-7-4-5-8-21(19)17-20)25-24(27)9-6-16-26(31(3,28)29)22-12-14-23(30-2)15-13-22/h10-15,17-18H,4-9,16H2,1-3H3,(H,25,27). The molecule has 0 saturated heterocycles. The first-order valence-corrected chi connectivity index (χ1v) is 12.7. The Morgan fingerprint density at radius 2 is 1.77 bits per heavy atom. The minimum Gasteiger partial charge on any atom is -0.497 e. The SMILES string of the molecule is COc1ccc(N(CCCC(=O)NC(C)c2ccc3c(c2)CCCC3)S(C)(=O)=O)cc1. The molecule has 7 heteroatoms. The predicted octanol–water partition coefficient (Wildman–Crippen LogP) is 4.00. The number of methoxy groups -OCH3 is 1. The zero-order valence-corrected chi connectivity index (χ0v) is 19.4. The van der Waals surface area contributed by atoms with Crippen LogP contribution in [0.5, 0.6) is 5.75 Å². The number of rotatable bonds is 9. The average Bonchev–Trinajstić information content (AvgIpc) is 2.75. The summed E-state index contributed by atoms with van der Waals surface area (Å²) >= 11 is 0. The van der Waals surface area contributed by atoms with E-state index in [1.807, 2.05) is 6.92 Å². The topological polar surface area (TPSA) is 75.7 Å². The first-order chi connectivity index (χ1) is 14.8. The molecule has 0 aromatic heterocycles. The van der Waals surface area contributed by atoms with Gasteiger partial charge in [0.2, 0.25) is 15.9 Å². The monoisotopic (exact) mass is 444 g/mol. The summed E-state index contributed by atoms with van der Waals surface area (Å²) in [7, 11) is -1.89. The van der Waals surface area contributed by atoms with Crippen LogP contribution in [0.25, 0.3) is 0 Å². The van der Waals surface area contributed by atoms with Gasteiger partial charge in [-0.1, -0.05) is 18.2 Å². The normalized spacial score (nSPS) is 14.4. The van der Waals surface area contributed by atoms with Crippen LogP contribution in [0.15, 0.2) is 42.5 Å². The van der Waals surface area contributed by atoms with Crippen LogP contribution >= 0.6 is 0 Å². The second-order valence-electron chi connectivity index (χ2n) is 8.16. The molecular weight excluding hydrogens is 412 g/mol. The van der Waals surface area contributed by atoms with Crippen LogP contribution in [0.3, 0.4) is 0 Å². The number of benzene rings is 2. The molecule has 2 aromatic rings. The fourth-order valence-electron chi connectivity index (χ4n) is 4.04. The molecule has 168 valence electrons. The summed E-state index contributed by atoms with van der Waals surface area (Å²) < 4.78 is 30.9. The number of carbonyl (C=O) groups excluding carboxylic acids is 1. The van der Waals surface area contributed by atoms with Crippen molar-refractivity contribution in [2.45, 2.75) is 51.5 Å². The highest BCUT2D eigenvalue weighted by Gasteiger charge is 2.19. The quantitative estimate of drug-likeness (QED) is 0.634. The highest BCUT2D eigenvalue weighted by atomic mass is 32.2. The molecule has 0 aliphatic heterocycles. The lowest BCUT2D eigenvalue weighted by atomic mass is 9.89. The van der Waals surface area contributed by atoms with Crippen LogP contribution in [0.2, 0.25) is 0 Å². The number of sulfonamides is 1. The number of nitrogens with zero attached hydrogens (tertiary/aromatic N) is 1. The lowest BCUT2D eigenvalue weighted by Crippen LogP contribution is -2.32. The van der Waals surface area contributed by atoms with Gasteiger partial charge in [-0.05, 0) is 80.0 Å². The third-order valence-corrected chi connectivity index (χ3v) is 6.97. The lowest BCUT2D eigenvalue weighted by molar-refractivity contribution is -0.121. The fraction of sp³-hybridized carbons (Fsp3) is 0.458. The molecule has 0 fully saturated rings. The Bertz CT molecular complexity index is 1000.